The number of hydrogen-bond acceptors (Lipinski definition) is 8. The van der Waals surface area contributed by atoms with Crippen LogP contribution in [0.2, 0.25) is 0 Å². The van der Waals surface area contributed by atoms with Crippen molar-refractivity contribution in [2.75, 3.05) is 18.2 Å². The highest BCUT2D eigenvalue weighted by molar-refractivity contribution is 7.99. The molecule has 3 heterocycles. The fourth-order valence-corrected chi connectivity index (χ4v) is 4.13. The van der Waals surface area contributed by atoms with Gasteiger partial charge < -0.3 is 20.3 Å². The lowest BCUT2D eigenvalue weighted by Crippen LogP contribution is -2.31. The molecular weight excluding hydrogens is 382 g/mol. The van der Waals surface area contributed by atoms with Crippen molar-refractivity contribution in [1.82, 2.24) is 19.5 Å². The SMILES string of the molecule is CSC1C(O)[C@@H](CO)O[C@H]1n1cnc2c(NC(=O)c3ccccc3)ncnc21. The van der Waals surface area contributed by atoms with Crippen LogP contribution in [-0.4, -0.2) is 66.0 Å². The van der Waals surface area contributed by atoms with Gasteiger partial charge in [-0.2, -0.15) is 11.8 Å². The van der Waals surface area contributed by atoms with E-state index >= 15 is 0 Å². The van der Waals surface area contributed by atoms with E-state index in [-0.39, 0.29) is 23.6 Å². The second-order valence-electron chi connectivity index (χ2n) is 6.31. The molecule has 10 heteroatoms. The predicted octanol–water partition coefficient (Wildman–Crippen LogP) is 1.06. The number of benzene rings is 1. The van der Waals surface area contributed by atoms with Gasteiger partial charge in [-0.25, -0.2) is 15.0 Å². The van der Waals surface area contributed by atoms with Crippen LogP contribution in [-0.2, 0) is 4.74 Å². The van der Waals surface area contributed by atoms with Gasteiger partial charge in [-0.05, 0) is 18.4 Å². The summed E-state index contributed by atoms with van der Waals surface area (Å²) in [7, 11) is 0. The van der Waals surface area contributed by atoms with Crippen molar-refractivity contribution in [3.05, 3.63) is 48.5 Å². The molecule has 3 N–H and O–H groups in total. The first kappa shape index (κ1) is 18.8. The van der Waals surface area contributed by atoms with Crippen LogP contribution in [0.1, 0.15) is 16.6 Å². The largest absolute Gasteiger partial charge is 0.394 e. The van der Waals surface area contributed by atoms with E-state index in [1.165, 1.54) is 24.4 Å². The Labute approximate surface area is 164 Å². The van der Waals surface area contributed by atoms with Crippen molar-refractivity contribution in [2.24, 2.45) is 0 Å². The molecule has 1 aromatic carbocycles. The van der Waals surface area contributed by atoms with E-state index in [2.05, 4.69) is 20.3 Å². The second-order valence-corrected chi connectivity index (χ2v) is 7.32. The summed E-state index contributed by atoms with van der Waals surface area (Å²) in [4.78, 5) is 25.2. The summed E-state index contributed by atoms with van der Waals surface area (Å²) in [5, 5.41) is 22.3. The van der Waals surface area contributed by atoms with Crippen molar-refractivity contribution in [3.63, 3.8) is 0 Å². The summed E-state index contributed by atoms with van der Waals surface area (Å²) in [5.74, 6) is -0.0134. The molecule has 4 atom stereocenters. The van der Waals surface area contributed by atoms with Gasteiger partial charge in [-0.1, -0.05) is 18.2 Å². The zero-order valence-corrected chi connectivity index (χ0v) is 15.8. The number of aromatic nitrogens is 4. The van der Waals surface area contributed by atoms with Crippen molar-refractivity contribution in [2.45, 2.75) is 23.7 Å². The van der Waals surface area contributed by atoms with Gasteiger partial charge in [0.2, 0.25) is 0 Å². The Morgan fingerprint density at radius 2 is 2.07 bits per heavy atom. The van der Waals surface area contributed by atoms with Crippen LogP contribution in [0.3, 0.4) is 0 Å². The number of thioether (sulfide) groups is 1. The number of aliphatic hydroxyl groups excluding tert-OH is 2. The molecule has 1 saturated heterocycles. The number of nitrogens with one attached hydrogen (secondary N) is 1. The number of amides is 1. The minimum Gasteiger partial charge on any atom is -0.394 e. The van der Waals surface area contributed by atoms with E-state index in [9.17, 15) is 15.0 Å². The summed E-state index contributed by atoms with van der Waals surface area (Å²) in [6.45, 7) is -0.283. The molecule has 1 amide bonds. The molecular formula is C18H19N5O4S. The number of carbonyl (C=O) groups excluding carboxylic acids is 1. The molecule has 0 saturated carbocycles. The van der Waals surface area contributed by atoms with Crippen molar-refractivity contribution in [1.29, 1.82) is 0 Å². The minimum atomic E-state index is -0.818. The molecule has 1 aliphatic heterocycles. The highest BCUT2D eigenvalue weighted by Gasteiger charge is 2.44. The van der Waals surface area contributed by atoms with Crippen LogP contribution in [0.15, 0.2) is 43.0 Å². The molecule has 0 radical (unpaired) electrons. The Morgan fingerprint density at radius 3 is 2.79 bits per heavy atom. The maximum Gasteiger partial charge on any atom is 0.256 e. The summed E-state index contributed by atoms with van der Waals surface area (Å²) in [6, 6.07) is 8.81. The Kier molecular flexibility index (Phi) is 5.27. The molecule has 146 valence electrons. The monoisotopic (exact) mass is 401 g/mol. The van der Waals surface area contributed by atoms with Gasteiger partial charge in [0.05, 0.1) is 24.3 Å². The highest BCUT2D eigenvalue weighted by atomic mass is 32.2. The molecule has 28 heavy (non-hydrogen) atoms. The summed E-state index contributed by atoms with van der Waals surface area (Å²) in [5.41, 5.74) is 1.38. The average molecular weight is 401 g/mol. The third-order valence-electron chi connectivity index (χ3n) is 4.67. The Morgan fingerprint density at radius 1 is 1.29 bits per heavy atom. The quantitative estimate of drug-likeness (QED) is 0.580. The first-order valence-electron chi connectivity index (χ1n) is 8.65. The number of anilines is 1. The standard InChI is InChI=1S/C18H19N5O4S/c1-28-14-13(25)11(7-24)27-18(14)23-9-21-12-15(19-8-20-16(12)23)22-17(26)10-5-3-2-4-6-10/h2-6,8-9,11,13-14,18,24-25H,7H2,1H3,(H,19,20,22,26)/t11-,13?,14?,18-/m1/s1. The van der Waals surface area contributed by atoms with Crippen LogP contribution >= 0.6 is 11.8 Å². The van der Waals surface area contributed by atoms with Crippen molar-refractivity contribution >= 4 is 34.7 Å². The molecule has 1 fully saturated rings. The molecule has 3 aromatic rings. The molecule has 0 spiro atoms. The number of ether oxygens (including phenoxy) is 1. The third-order valence-corrected chi connectivity index (χ3v) is 5.72. The first-order valence-corrected chi connectivity index (χ1v) is 9.94. The lowest BCUT2D eigenvalue weighted by Gasteiger charge is -2.19. The van der Waals surface area contributed by atoms with Crippen LogP contribution < -0.4 is 5.32 Å². The summed E-state index contributed by atoms with van der Waals surface area (Å²) < 4.78 is 7.51. The van der Waals surface area contributed by atoms with E-state index in [1.807, 2.05) is 12.3 Å². The lowest BCUT2D eigenvalue weighted by atomic mass is 10.2. The Bertz CT molecular complexity index is 983. The highest BCUT2D eigenvalue weighted by Crippen LogP contribution is 2.38. The number of imidazole rings is 1. The Hall–Kier alpha value is -2.53. The summed E-state index contributed by atoms with van der Waals surface area (Å²) >= 11 is 1.44. The number of carbonyl (C=O) groups is 1. The number of rotatable bonds is 5. The van der Waals surface area contributed by atoms with E-state index in [1.54, 1.807) is 28.8 Å². The predicted molar refractivity (Wildman–Crippen MR) is 104 cm³/mol. The van der Waals surface area contributed by atoms with E-state index in [4.69, 9.17) is 4.74 Å². The normalized spacial score (nSPS) is 24.5. The van der Waals surface area contributed by atoms with Crippen molar-refractivity contribution in [3.8, 4) is 0 Å². The number of hydrogen-bond donors (Lipinski definition) is 3. The third kappa shape index (κ3) is 3.24. The zero-order valence-electron chi connectivity index (χ0n) is 15.0. The van der Waals surface area contributed by atoms with Gasteiger partial charge in [0.25, 0.3) is 5.91 Å². The zero-order chi connectivity index (χ0) is 19.7. The minimum absolute atomic E-state index is 0.283. The summed E-state index contributed by atoms with van der Waals surface area (Å²) in [6.07, 6.45) is 2.69. The molecule has 9 nitrogen and oxygen atoms in total. The lowest BCUT2D eigenvalue weighted by molar-refractivity contribution is -0.0430. The van der Waals surface area contributed by atoms with Gasteiger partial charge in [-0.15, -0.1) is 0 Å². The second kappa shape index (κ2) is 7.84. The molecule has 1 aliphatic rings. The molecule has 0 aliphatic carbocycles. The van der Waals surface area contributed by atoms with Gasteiger partial charge in [0.15, 0.2) is 23.2 Å². The fourth-order valence-electron chi connectivity index (χ4n) is 3.25. The maximum absolute atomic E-state index is 12.4. The van der Waals surface area contributed by atoms with Gasteiger partial charge in [0.1, 0.15) is 12.4 Å². The van der Waals surface area contributed by atoms with E-state index in [0.29, 0.717) is 16.7 Å². The smallest absolute Gasteiger partial charge is 0.256 e. The van der Waals surface area contributed by atoms with Gasteiger partial charge >= 0.3 is 0 Å². The van der Waals surface area contributed by atoms with Crippen LogP contribution in [0.25, 0.3) is 11.2 Å². The van der Waals surface area contributed by atoms with Crippen LogP contribution in [0.4, 0.5) is 5.82 Å². The topological polar surface area (TPSA) is 122 Å². The molecule has 2 unspecified atom stereocenters. The number of nitrogens with zero attached hydrogens (tertiary/aromatic N) is 4. The Balaban J connectivity index is 1.66. The van der Waals surface area contributed by atoms with Gasteiger partial charge in [-0.3, -0.25) is 9.36 Å². The van der Waals surface area contributed by atoms with E-state index < -0.39 is 18.4 Å². The van der Waals surface area contributed by atoms with Crippen LogP contribution in [0, 0.1) is 0 Å². The number of fused-ring (bicyclic) bond motifs is 1. The first-order chi connectivity index (χ1) is 13.6. The number of aliphatic hydroxyl groups is 2. The molecule has 4 rings (SSSR count). The van der Waals surface area contributed by atoms with E-state index in [0.717, 1.165) is 0 Å². The molecule has 0 bridgehead atoms. The van der Waals surface area contributed by atoms with Crippen molar-refractivity contribution < 1.29 is 19.7 Å². The fraction of sp³-hybridized carbons (Fsp3) is 0.333. The van der Waals surface area contributed by atoms with Gasteiger partial charge in [0, 0.05) is 5.56 Å². The maximum atomic E-state index is 12.4. The van der Waals surface area contributed by atoms with Crippen LogP contribution in [0.5, 0.6) is 0 Å². The average Bonchev–Trinajstić information content (AvgIpc) is 3.29. The molecule has 2 aromatic heterocycles.